The molecule has 5 rings (SSSR count). The number of fused-ring (bicyclic) bond motifs is 4. The van der Waals surface area contributed by atoms with Crippen molar-refractivity contribution in [3.8, 4) is 5.75 Å². The van der Waals surface area contributed by atoms with Crippen LogP contribution in [-0.2, 0) is 32.1 Å². The van der Waals surface area contributed by atoms with Crippen LogP contribution in [0.5, 0.6) is 5.75 Å². The maximum atomic E-state index is 13.9. The van der Waals surface area contributed by atoms with Crippen molar-refractivity contribution in [2.45, 2.75) is 82.8 Å². The monoisotopic (exact) mass is 638 g/mol. The van der Waals surface area contributed by atoms with E-state index in [-0.39, 0.29) is 37.6 Å². The van der Waals surface area contributed by atoms with Gasteiger partial charge in [-0.1, -0.05) is 36.4 Å². The fourth-order valence-electron chi connectivity index (χ4n) is 6.54. The van der Waals surface area contributed by atoms with Crippen molar-refractivity contribution in [2.75, 3.05) is 26.2 Å². The van der Waals surface area contributed by atoms with Crippen LogP contribution in [0.3, 0.4) is 0 Å². The summed E-state index contributed by atoms with van der Waals surface area (Å²) < 4.78 is 33.9. The summed E-state index contributed by atoms with van der Waals surface area (Å²) in [5.41, 5.74) is 2.86. The third-order valence-corrected chi connectivity index (χ3v) is 9.38. The zero-order valence-corrected chi connectivity index (χ0v) is 26.4. The van der Waals surface area contributed by atoms with E-state index in [0.29, 0.717) is 31.9 Å². The first-order valence-corrected chi connectivity index (χ1v) is 16.3. The van der Waals surface area contributed by atoms with Gasteiger partial charge in [0, 0.05) is 38.9 Å². The maximum Gasteiger partial charge on any atom is 0.262 e. The molecule has 0 spiro atoms. The number of alkyl halides is 2. The third-order valence-electron chi connectivity index (χ3n) is 9.38. The van der Waals surface area contributed by atoms with Gasteiger partial charge in [-0.3, -0.25) is 19.2 Å². The summed E-state index contributed by atoms with van der Waals surface area (Å²) in [6, 6.07) is 13.3. The van der Waals surface area contributed by atoms with Crippen LogP contribution in [0, 0.1) is 18.8 Å². The second-order valence-corrected chi connectivity index (χ2v) is 12.9. The van der Waals surface area contributed by atoms with Gasteiger partial charge < -0.3 is 25.6 Å². The van der Waals surface area contributed by atoms with Gasteiger partial charge in [0.25, 0.3) is 5.92 Å². The number of carbonyl (C=O) groups is 4. The van der Waals surface area contributed by atoms with Gasteiger partial charge in [0.15, 0.2) is 5.78 Å². The molecule has 2 unspecified atom stereocenters. The van der Waals surface area contributed by atoms with Gasteiger partial charge >= 0.3 is 0 Å². The van der Waals surface area contributed by atoms with Gasteiger partial charge in [0.1, 0.15) is 11.8 Å². The number of nitrogens with one attached hydrogen (secondary N) is 3. The summed E-state index contributed by atoms with van der Waals surface area (Å²) in [5, 5.41) is 8.35. The first-order chi connectivity index (χ1) is 22.1. The minimum atomic E-state index is -3.01. The molecule has 4 bridgehead atoms. The topological polar surface area (TPSA) is 117 Å². The third kappa shape index (κ3) is 9.11. The fraction of sp³-hybridized carbons (Fsp3) is 0.543. The molecule has 0 saturated carbocycles. The van der Waals surface area contributed by atoms with Crippen molar-refractivity contribution in [1.29, 1.82) is 0 Å². The standard InChI is InChI=1S/C35H44F2N4O5/c1-23-9-11-28-16-27(23)20-38-34(45)29(12-10-24-6-3-2-4-7-24)40-33(44)26(17-31(42)30-19-35(36,37)22-39-30)18-32(43)41-14-5-8-25(21-41)13-15-46-28/h2-4,6-7,9,11,16,25-26,29-30,39H,5,8,10,12-15,17-22H2,1H3,(H,38,45)(H,40,44)/t25?,26-,29-,30?/m0/s1. The lowest BCUT2D eigenvalue weighted by atomic mass is 9.91. The average molecular weight is 639 g/mol. The summed E-state index contributed by atoms with van der Waals surface area (Å²) in [4.78, 5) is 56.0. The van der Waals surface area contributed by atoms with Crippen molar-refractivity contribution in [1.82, 2.24) is 20.9 Å². The second-order valence-electron chi connectivity index (χ2n) is 12.9. The molecule has 11 heteroatoms. The average Bonchev–Trinajstić information content (AvgIpc) is 3.42. The van der Waals surface area contributed by atoms with Crippen molar-refractivity contribution >= 4 is 23.5 Å². The van der Waals surface area contributed by atoms with Crippen LogP contribution < -0.4 is 20.7 Å². The molecule has 9 nitrogen and oxygen atoms in total. The Labute approximate surface area is 268 Å². The molecule has 4 atom stereocenters. The number of amides is 3. The summed E-state index contributed by atoms with van der Waals surface area (Å²) in [6.45, 7) is 3.10. The van der Waals surface area contributed by atoms with Crippen molar-refractivity contribution in [2.24, 2.45) is 11.8 Å². The van der Waals surface area contributed by atoms with E-state index in [4.69, 9.17) is 4.74 Å². The highest BCUT2D eigenvalue weighted by atomic mass is 19.3. The van der Waals surface area contributed by atoms with E-state index in [9.17, 15) is 28.0 Å². The lowest BCUT2D eigenvalue weighted by Crippen LogP contribution is -2.50. The molecule has 3 amide bonds. The Kier molecular flexibility index (Phi) is 11.0. The van der Waals surface area contributed by atoms with Crippen LogP contribution in [0.15, 0.2) is 48.5 Å². The molecule has 3 N–H and O–H groups in total. The zero-order valence-electron chi connectivity index (χ0n) is 26.4. The van der Waals surface area contributed by atoms with Crippen LogP contribution in [0.25, 0.3) is 0 Å². The predicted octanol–water partition coefficient (Wildman–Crippen LogP) is 3.71. The number of rotatable bonds is 6. The van der Waals surface area contributed by atoms with Gasteiger partial charge in [0.2, 0.25) is 17.7 Å². The molecule has 2 fully saturated rings. The van der Waals surface area contributed by atoms with Crippen LogP contribution in [0.2, 0.25) is 0 Å². The van der Waals surface area contributed by atoms with E-state index < -0.39 is 54.5 Å². The predicted molar refractivity (Wildman–Crippen MR) is 168 cm³/mol. The molecule has 46 heavy (non-hydrogen) atoms. The number of hydrogen-bond acceptors (Lipinski definition) is 6. The van der Waals surface area contributed by atoms with Crippen molar-refractivity contribution < 1.29 is 32.7 Å². The van der Waals surface area contributed by atoms with Crippen LogP contribution in [0.4, 0.5) is 8.78 Å². The molecule has 2 aromatic rings. The van der Waals surface area contributed by atoms with Crippen molar-refractivity contribution in [3.63, 3.8) is 0 Å². The number of aryl methyl sites for hydroxylation is 2. The van der Waals surface area contributed by atoms with Gasteiger partial charge in [-0.25, -0.2) is 8.78 Å². The molecule has 0 radical (unpaired) electrons. The highest BCUT2D eigenvalue weighted by molar-refractivity contribution is 5.95. The number of hydrogen-bond donors (Lipinski definition) is 3. The number of halogens is 2. The van der Waals surface area contributed by atoms with E-state index in [2.05, 4.69) is 16.0 Å². The van der Waals surface area contributed by atoms with E-state index >= 15 is 0 Å². The van der Waals surface area contributed by atoms with Crippen LogP contribution in [-0.4, -0.2) is 72.7 Å². The van der Waals surface area contributed by atoms with Gasteiger partial charge in [-0.05, 0) is 73.8 Å². The number of ether oxygens (including phenoxy) is 1. The highest BCUT2D eigenvalue weighted by Gasteiger charge is 2.43. The van der Waals surface area contributed by atoms with Crippen LogP contribution in [0.1, 0.15) is 61.6 Å². The van der Waals surface area contributed by atoms with Gasteiger partial charge in [0.05, 0.1) is 25.1 Å². The molecular weight excluding hydrogens is 594 g/mol. The fourth-order valence-corrected chi connectivity index (χ4v) is 6.54. The first kappa shape index (κ1) is 33.5. The number of carbonyl (C=O) groups excluding carboxylic acids is 4. The lowest BCUT2D eigenvalue weighted by molar-refractivity contribution is -0.140. The summed E-state index contributed by atoms with van der Waals surface area (Å²) in [5.74, 6) is -5.01. The second kappa shape index (κ2) is 15.2. The van der Waals surface area contributed by atoms with Gasteiger partial charge in [-0.2, -0.15) is 0 Å². The van der Waals surface area contributed by atoms with Crippen LogP contribution >= 0.6 is 0 Å². The Morgan fingerprint density at radius 3 is 2.63 bits per heavy atom. The Bertz CT molecular complexity index is 1400. The van der Waals surface area contributed by atoms with E-state index in [0.717, 1.165) is 36.0 Å². The molecule has 2 saturated heterocycles. The molecule has 0 aromatic heterocycles. The quantitative estimate of drug-likeness (QED) is 0.445. The normalized spacial score (nSPS) is 25.9. The molecule has 3 aliphatic rings. The maximum absolute atomic E-state index is 13.9. The number of benzene rings is 2. The van der Waals surface area contributed by atoms with Gasteiger partial charge in [-0.15, -0.1) is 0 Å². The smallest absolute Gasteiger partial charge is 0.262 e. The Morgan fingerprint density at radius 1 is 1.07 bits per heavy atom. The molecular formula is C35H44F2N4O5. The summed E-state index contributed by atoms with van der Waals surface area (Å²) in [7, 11) is 0. The Balaban J connectivity index is 1.40. The number of nitrogens with zero attached hydrogens (tertiary/aromatic N) is 1. The van der Waals surface area contributed by atoms with E-state index in [1.54, 1.807) is 4.90 Å². The highest BCUT2D eigenvalue weighted by Crippen LogP contribution is 2.28. The number of Topliss-reactive ketones (excluding diaryl/α,β-unsaturated/α-hetero) is 1. The minimum absolute atomic E-state index is 0.221. The SMILES string of the molecule is Cc1ccc2cc1CNC(=O)[C@H](CCc1ccccc1)NC(=O)[C@@H](CC(=O)C1CC(F)(F)CN1)CC(=O)N1CCCC(CCO2)C1. The molecule has 0 aliphatic carbocycles. The molecule has 3 aliphatic heterocycles. The summed E-state index contributed by atoms with van der Waals surface area (Å²) in [6.07, 6.45) is 2.01. The Hall–Kier alpha value is -3.86. The van der Waals surface area contributed by atoms with Crippen molar-refractivity contribution in [3.05, 3.63) is 65.2 Å². The lowest BCUT2D eigenvalue weighted by Gasteiger charge is -2.34. The van der Waals surface area contributed by atoms with E-state index in [1.807, 2.05) is 55.5 Å². The first-order valence-electron chi connectivity index (χ1n) is 16.3. The zero-order chi connectivity index (χ0) is 32.7. The largest absolute Gasteiger partial charge is 0.494 e. The molecule has 3 heterocycles. The van der Waals surface area contributed by atoms with E-state index in [1.165, 1.54) is 0 Å². The molecule has 2 aromatic carbocycles. The minimum Gasteiger partial charge on any atom is -0.494 e. The Morgan fingerprint density at radius 2 is 1.87 bits per heavy atom. The summed E-state index contributed by atoms with van der Waals surface area (Å²) >= 11 is 0. The number of piperidine rings is 1. The molecule has 248 valence electrons. The number of ketones is 1.